The minimum Gasteiger partial charge on any atom is -0.351 e. The highest BCUT2D eigenvalue weighted by Gasteiger charge is 2.27. The van der Waals surface area contributed by atoms with Crippen LogP contribution in [0.2, 0.25) is 0 Å². The summed E-state index contributed by atoms with van der Waals surface area (Å²) in [5.41, 5.74) is 4.07. The molecule has 4 heterocycles. The Morgan fingerprint density at radius 2 is 1.48 bits per heavy atom. The normalized spacial score (nSPS) is 15.9. The lowest BCUT2D eigenvalue weighted by Crippen LogP contribution is -2.30. The van der Waals surface area contributed by atoms with Crippen molar-refractivity contribution in [3.05, 3.63) is 42.8 Å². The molecule has 3 aliphatic rings. The van der Waals surface area contributed by atoms with Crippen molar-refractivity contribution >= 4 is 34.5 Å². The number of hydrogen-bond donors (Lipinski definition) is 2. The van der Waals surface area contributed by atoms with E-state index in [1.807, 2.05) is 39.1 Å². The van der Waals surface area contributed by atoms with Crippen LogP contribution in [0.15, 0.2) is 11.4 Å². The number of carbonyl (C=O) groups excluding carboxylic acids is 2. The maximum absolute atomic E-state index is 11.5. The van der Waals surface area contributed by atoms with Crippen LogP contribution in [0, 0.1) is 0 Å². The van der Waals surface area contributed by atoms with E-state index in [1.54, 1.807) is 11.3 Å². The van der Waals surface area contributed by atoms with E-state index in [-0.39, 0.29) is 11.8 Å². The number of aryl methyl sites for hydroxylation is 1. The molecule has 5 rings (SSSR count). The largest absolute Gasteiger partial charge is 0.351 e. The molecule has 6 heteroatoms. The first-order valence-corrected chi connectivity index (χ1v) is 11.7. The van der Waals surface area contributed by atoms with Crippen LogP contribution in [-0.2, 0) is 25.7 Å². The van der Waals surface area contributed by atoms with E-state index in [1.165, 1.54) is 52.2 Å². The lowest BCUT2D eigenvalue weighted by molar-refractivity contribution is 0.0942. The molecule has 27 heavy (non-hydrogen) atoms. The monoisotopic (exact) mass is 406 g/mol. The van der Waals surface area contributed by atoms with E-state index in [0.717, 1.165) is 35.7 Å². The van der Waals surface area contributed by atoms with Crippen LogP contribution in [0.5, 0.6) is 0 Å². The molecule has 0 saturated heterocycles. The highest BCUT2D eigenvalue weighted by Crippen LogP contribution is 2.36. The quantitative estimate of drug-likeness (QED) is 0.671. The summed E-state index contributed by atoms with van der Waals surface area (Å²) in [5, 5.41) is 7.66. The third-order valence-electron chi connectivity index (χ3n) is 4.53. The maximum atomic E-state index is 11.5. The minimum atomic E-state index is 0.0938. The Bertz CT molecular complexity index is 777. The number of nitrogens with one attached hydrogen (secondary N) is 2. The van der Waals surface area contributed by atoms with E-state index in [0.29, 0.717) is 0 Å². The SMILES string of the molecule is CC.CC.O=C1NCCc2c1sc1c2CCC1.O=C1NCCc2ccsc21. The van der Waals surface area contributed by atoms with Crippen molar-refractivity contribution in [1.82, 2.24) is 10.6 Å². The molecule has 0 unspecified atom stereocenters. The van der Waals surface area contributed by atoms with E-state index >= 15 is 0 Å². The highest BCUT2D eigenvalue weighted by molar-refractivity contribution is 7.14. The third kappa shape index (κ3) is 4.79. The molecule has 0 fully saturated rings. The van der Waals surface area contributed by atoms with E-state index in [4.69, 9.17) is 0 Å². The Hall–Kier alpha value is -1.66. The molecule has 2 aromatic rings. The second-order valence-electron chi connectivity index (χ2n) is 5.95. The first-order chi connectivity index (χ1) is 13.2. The zero-order valence-electron chi connectivity index (χ0n) is 16.7. The molecular weight excluding hydrogens is 376 g/mol. The van der Waals surface area contributed by atoms with Crippen molar-refractivity contribution < 1.29 is 9.59 Å². The highest BCUT2D eigenvalue weighted by atomic mass is 32.1. The summed E-state index contributed by atoms with van der Waals surface area (Å²) in [4.78, 5) is 25.9. The van der Waals surface area contributed by atoms with Gasteiger partial charge in [-0.15, -0.1) is 22.7 Å². The predicted octanol–water partition coefficient (Wildman–Crippen LogP) is 4.61. The number of fused-ring (bicyclic) bond motifs is 4. The summed E-state index contributed by atoms with van der Waals surface area (Å²) in [5.74, 6) is 0.247. The molecule has 2 amide bonds. The van der Waals surface area contributed by atoms with E-state index < -0.39 is 0 Å². The predicted molar refractivity (Wildman–Crippen MR) is 115 cm³/mol. The molecule has 2 aromatic heterocycles. The minimum absolute atomic E-state index is 0.0938. The molecule has 0 aromatic carbocycles. The second kappa shape index (κ2) is 10.6. The average molecular weight is 407 g/mol. The fourth-order valence-electron chi connectivity index (χ4n) is 3.42. The lowest BCUT2D eigenvalue weighted by Gasteiger charge is -2.13. The zero-order valence-corrected chi connectivity index (χ0v) is 18.4. The third-order valence-corrected chi connectivity index (χ3v) is 6.82. The Morgan fingerprint density at radius 1 is 0.815 bits per heavy atom. The van der Waals surface area contributed by atoms with Gasteiger partial charge in [-0.05, 0) is 60.2 Å². The average Bonchev–Trinajstić information content (AvgIpc) is 3.43. The van der Waals surface area contributed by atoms with Gasteiger partial charge < -0.3 is 10.6 Å². The fourth-order valence-corrected chi connectivity index (χ4v) is 5.65. The molecule has 0 radical (unpaired) electrons. The Balaban J connectivity index is 0.000000168. The van der Waals surface area contributed by atoms with Gasteiger partial charge in [-0.2, -0.15) is 0 Å². The molecule has 2 aliphatic heterocycles. The van der Waals surface area contributed by atoms with Crippen molar-refractivity contribution in [2.24, 2.45) is 0 Å². The van der Waals surface area contributed by atoms with Crippen LogP contribution >= 0.6 is 22.7 Å². The molecule has 4 nitrogen and oxygen atoms in total. The fraction of sp³-hybridized carbons (Fsp3) is 0.524. The Morgan fingerprint density at radius 3 is 2.19 bits per heavy atom. The van der Waals surface area contributed by atoms with Crippen molar-refractivity contribution in [3.8, 4) is 0 Å². The molecule has 148 valence electrons. The zero-order chi connectivity index (χ0) is 19.8. The molecule has 2 N–H and O–H groups in total. The Labute approximate surface area is 170 Å². The molecule has 0 saturated carbocycles. The van der Waals surface area contributed by atoms with Gasteiger partial charge in [-0.25, -0.2) is 0 Å². The van der Waals surface area contributed by atoms with Gasteiger partial charge in [0, 0.05) is 18.0 Å². The summed E-state index contributed by atoms with van der Waals surface area (Å²) in [6.45, 7) is 9.62. The summed E-state index contributed by atoms with van der Waals surface area (Å²) >= 11 is 3.24. The van der Waals surface area contributed by atoms with Gasteiger partial charge in [-0.1, -0.05) is 27.7 Å². The van der Waals surface area contributed by atoms with Gasteiger partial charge in [-0.3, -0.25) is 9.59 Å². The van der Waals surface area contributed by atoms with Crippen LogP contribution in [-0.4, -0.2) is 24.9 Å². The van der Waals surface area contributed by atoms with Crippen molar-refractivity contribution in [2.75, 3.05) is 13.1 Å². The maximum Gasteiger partial charge on any atom is 0.261 e. The summed E-state index contributed by atoms with van der Waals surface area (Å²) < 4.78 is 0. The molecular formula is C21H30N2O2S2. The van der Waals surface area contributed by atoms with Gasteiger partial charge in [0.2, 0.25) is 0 Å². The lowest BCUT2D eigenvalue weighted by atomic mass is 10.0. The van der Waals surface area contributed by atoms with Crippen LogP contribution in [0.4, 0.5) is 0 Å². The first-order valence-electron chi connectivity index (χ1n) is 10.00. The standard InChI is InChI=1S/C10H11NOS.C7H7NOS.2C2H6/c12-10-9-7(4-5-11-10)6-2-1-3-8(6)13-9;9-7-6-5(1-3-8-7)2-4-10-6;2*1-2/h1-5H2,(H,11,12);2,4H,1,3H2,(H,8,9);2*1-2H3. The summed E-state index contributed by atoms with van der Waals surface area (Å²) in [6, 6.07) is 2.03. The van der Waals surface area contributed by atoms with Crippen molar-refractivity contribution in [2.45, 2.75) is 59.8 Å². The number of hydrogen-bond acceptors (Lipinski definition) is 4. The van der Waals surface area contributed by atoms with E-state index in [9.17, 15) is 9.59 Å². The van der Waals surface area contributed by atoms with Gasteiger partial charge in [0.25, 0.3) is 11.8 Å². The Kier molecular flexibility index (Phi) is 8.51. The van der Waals surface area contributed by atoms with Crippen LogP contribution < -0.4 is 10.6 Å². The van der Waals surface area contributed by atoms with Gasteiger partial charge in [0.1, 0.15) is 0 Å². The van der Waals surface area contributed by atoms with Crippen LogP contribution in [0.25, 0.3) is 0 Å². The first kappa shape index (κ1) is 21.6. The smallest absolute Gasteiger partial charge is 0.261 e. The second-order valence-corrected chi connectivity index (χ2v) is 7.97. The summed E-state index contributed by atoms with van der Waals surface area (Å²) in [7, 11) is 0. The molecule has 0 spiro atoms. The molecule has 0 atom stereocenters. The molecule has 1 aliphatic carbocycles. The number of thiophene rings is 2. The van der Waals surface area contributed by atoms with Crippen LogP contribution in [0.3, 0.4) is 0 Å². The van der Waals surface area contributed by atoms with Gasteiger partial charge in [0.05, 0.1) is 9.75 Å². The number of amides is 2. The molecule has 0 bridgehead atoms. The topological polar surface area (TPSA) is 58.2 Å². The van der Waals surface area contributed by atoms with Gasteiger partial charge in [0.15, 0.2) is 0 Å². The van der Waals surface area contributed by atoms with Crippen molar-refractivity contribution in [1.29, 1.82) is 0 Å². The van der Waals surface area contributed by atoms with Crippen molar-refractivity contribution in [3.63, 3.8) is 0 Å². The number of carbonyl (C=O) groups is 2. The number of rotatable bonds is 0. The van der Waals surface area contributed by atoms with E-state index in [2.05, 4.69) is 10.6 Å². The van der Waals surface area contributed by atoms with Gasteiger partial charge >= 0.3 is 0 Å². The summed E-state index contributed by atoms with van der Waals surface area (Å²) in [6.07, 6.45) is 5.72. The van der Waals surface area contributed by atoms with Crippen LogP contribution in [0.1, 0.15) is 75.0 Å².